The van der Waals surface area contributed by atoms with Crippen molar-refractivity contribution >= 4 is 23.6 Å². The molecule has 8 nitrogen and oxygen atoms in total. The Hall–Kier alpha value is -3.46. The molecule has 1 aliphatic heterocycles. The number of pyridine rings is 1. The fraction of sp³-hybridized carbons (Fsp3) is 0.424. The normalized spacial score (nSPS) is 16.5. The van der Waals surface area contributed by atoms with Gasteiger partial charge >= 0.3 is 6.09 Å². The molecule has 0 spiro atoms. The Labute approximate surface area is 253 Å². The van der Waals surface area contributed by atoms with Gasteiger partial charge in [0.1, 0.15) is 0 Å². The third-order valence-electron chi connectivity index (χ3n) is 8.11. The van der Waals surface area contributed by atoms with Crippen molar-refractivity contribution < 1.29 is 19.4 Å². The van der Waals surface area contributed by atoms with Crippen LogP contribution in [-0.4, -0.2) is 60.8 Å². The van der Waals surface area contributed by atoms with Crippen LogP contribution in [0.4, 0.5) is 4.79 Å². The van der Waals surface area contributed by atoms with E-state index in [4.69, 9.17) is 16.3 Å². The molecule has 0 bridgehead atoms. The van der Waals surface area contributed by atoms with E-state index in [9.17, 15) is 14.7 Å². The minimum Gasteiger partial charge on any atom is -0.453 e. The topological polar surface area (TPSA) is 104 Å². The number of aliphatic hydroxyl groups is 1. The Morgan fingerprint density at radius 3 is 2.71 bits per heavy atom. The summed E-state index contributed by atoms with van der Waals surface area (Å²) in [6.45, 7) is 4.07. The summed E-state index contributed by atoms with van der Waals surface area (Å²) in [6, 6.07) is 17.6. The zero-order valence-corrected chi connectivity index (χ0v) is 25.4. The molecule has 1 fully saturated rings. The summed E-state index contributed by atoms with van der Waals surface area (Å²) in [5.74, 6) is -0.351. The largest absolute Gasteiger partial charge is 0.453 e. The number of hydrogen-bond donors (Lipinski definition) is 3. The summed E-state index contributed by atoms with van der Waals surface area (Å²) in [5.41, 5.74) is 3.73. The second-order valence-electron chi connectivity index (χ2n) is 10.8. The van der Waals surface area contributed by atoms with Gasteiger partial charge in [-0.15, -0.1) is 0 Å². The Balaban J connectivity index is 1.69. The predicted molar refractivity (Wildman–Crippen MR) is 165 cm³/mol. The van der Waals surface area contributed by atoms with Gasteiger partial charge in [0, 0.05) is 48.9 Å². The van der Waals surface area contributed by atoms with Gasteiger partial charge in [-0.25, -0.2) is 4.79 Å². The number of nitrogens with zero attached hydrogens (tertiary/aromatic N) is 2. The number of halogens is 1. The fourth-order valence-corrected chi connectivity index (χ4v) is 6.16. The smallest absolute Gasteiger partial charge is 0.406 e. The average Bonchev–Trinajstić information content (AvgIpc) is 3.03. The van der Waals surface area contributed by atoms with E-state index in [2.05, 4.69) is 34.7 Å². The van der Waals surface area contributed by atoms with Crippen molar-refractivity contribution in [1.82, 2.24) is 20.5 Å². The average molecular weight is 593 g/mol. The molecule has 2 heterocycles. The first-order valence-electron chi connectivity index (χ1n) is 14.6. The van der Waals surface area contributed by atoms with E-state index in [1.807, 2.05) is 54.4 Å². The van der Waals surface area contributed by atoms with Gasteiger partial charge in [0.25, 0.3) is 5.91 Å². The van der Waals surface area contributed by atoms with Gasteiger partial charge in [-0.1, -0.05) is 54.9 Å². The van der Waals surface area contributed by atoms with Gasteiger partial charge in [-0.05, 0) is 74.0 Å². The SMILES string of the molecule is CCc1cccc(-c2c(Cl)cccc2[C@](O)(CCCNC(=O)OC)[C@@H]2CCCN(C(=O)c3ccc(CNC)nc3)C2)c1. The minimum atomic E-state index is -1.31. The summed E-state index contributed by atoms with van der Waals surface area (Å²) in [5, 5.41) is 19.1. The van der Waals surface area contributed by atoms with Crippen LogP contribution < -0.4 is 10.6 Å². The van der Waals surface area contributed by atoms with Crippen LogP contribution in [0, 0.1) is 5.92 Å². The number of rotatable bonds is 11. The first kappa shape index (κ1) is 31.5. The van der Waals surface area contributed by atoms with Gasteiger partial charge in [-0.2, -0.15) is 0 Å². The second kappa shape index (κ2) is 14.6. The molecular weight excluding hydrogens is 552 g/mol. The summed E-state index contributed by atoms with van der Waals surface area (Å²) in [4.78, 5) is 31.5. The van der Waals surface area contributed by atoms with Crippen molar-refractivity contribution in [2.24, 2.45) is 5.92 Å². The molecule has 224 valence electrons. The van der Waals surface area contributed by atoms with Crippen molar-refractivity contribution in [2.75, 3.05) is 33.8 Å². The summed E-state index contributed by atoms with van der Waals surface area (Å²) >= 11 is 6.86. The number of ether oxygens (including phenoxy) is 1. The van der Waals surface area contributed by atoms with Crippen LogP contribution in [0.3, 0.4) is 0 Å². The number of alkyl carbamates (subject to hydrolysis) is 1. The Morgan fingerprint density at radius 1 is 1.19 bits per heavy atom. The molecule has 2 amide bonds. The number of carbonyl (C=O) groups is 2. The van der Waals surface area contributed by atoms with E-state index in [1.54, 1.807) is 6.20 Å². The van der Waals surface area contributed by atoms with Crippen molar-refractivity contribution in [3.05, 3.63) is 88.2 Å². The highest BCUT2D eigenvalue weighted by Crippen LogP contribution is 2.45. The van der Waals surface area contributed by atoms with E-state index in [1.165, 1.54) is 12.7 Å². The predicted octanol–water partition coefficient (Wildman–Crippen LogP) is 5.56. The van der Waals surface area contributed by atoms with Crippen LogP contribution in [0.2, 0.25) is 5.02 Å². The zero-order chi connectivity index (χ0) is 30.1. The first-order chi connectivity index (χ1) is 20.3. The molecule has 2 atom stereocenters. The lowest BCUT2D eigenvalue weighted by atomic mass is 9.72. The number of benzene rings is 2. The fourth-order valence-electron chi connectivity index (χ4n) is 5.87. The lowest BCUT2D eigenvalue weighted by molar-refractivity contribution is -0.0563. The van der Waals surface area contributed by atoms with Crippen LogP contribution in [0.15, 0.2) is 60.8 Å². The third-order valence-corrected chi connectivity index (χ3v) is 8.42. The van der Waals surface area contributed by atoms with Gasteiger partial charge in [0.15, 0.2) is 0 Å². The molecule has 4 rings (SSSR count). The number of likely N-dealkylation sites (tertiary alicyclic amines) is 1. The molecule has 0 unspecified atom stereocenters. The van der Waals surface area contributed by atoms with Crippen molar-refractivity contribution in [1.29, 1.82) is 0 Å². The molecule has 1 aliphatic rings. The third kappa shape index (κ3) is 7.30. The number of nitrogens with one attached hydrogen (secondary N) is 2. The van der Waals surface area contributed by atoms with Crippen LogP contribution in [0.1, 0.15) is 59.8 Å². The number of aryl methyl sites for hydroxylation is 1. The maximum absolute atomic E-state index is 13.6. The number of aromatic nitrogens is 1. The van der Waals surface area contributed by atoms with E-state index < -0.39 is 11.7 Å². The van der Waals surface area contributed by atoms with Crippen LogP contribution in [0.25, 0.3) is 11.1 Å². The highest BCUT2D eigenvalue weighted by Gasteiger charge is 2.43. The Morgan fingerprint density at radius 2 is 2.00 bits per heavy atom. The van der Waals surface area contributed by atoms with Crippen LogP contribution in [0.5, 0.6) is 0 Å². The molecule has 9 heteroatoms. The Kier molecular flexibility index (Phi) is 11.0. The quantitative estimate of drug-likeness (QED) is 0.252. The molecule has 2 aromatic carbocycles. The molecule has 3 N–H and O–H groups in total. The number of amides is 2. The minimum absolute atomic E-state index is 0.0973. The molecule has 0 radical (unpaired) electrons. The molecule has 42 heavy (non-hydrogen) atoms. The molecule has 1 saturated heterocycles. The highest BCUT2D eigenvalue weighted by atomic mass is 35.5. The number of methoxy groups -OCH3 is 1. The van der Waals surface area contributed by atoms with Crippen molar-refractivity contribution in [3.63, 3.8) is 0 Å². The molecular formula is C33H41ClN4O4. The van der Waals surface area contributed by atoms with Crippen LogP contribution >= 0.6 is 11.6 Å². The maximum atomic E-state index is 13.6. The van der Waals surface area contributed by atoms with E-state index in [0.717, 1.165) is 41.6 Å². The van der Waals surface area contributed by atoms with Crippen LogP contribution in [-0.2, 0) is 23.3 Å². The van der Waals surface area contributed by atoms with E-state index in [-0.39, 0.29) is 11.8 Å². The van der Waals surface area contributed by atoms with Crippen molar-refractivity contribution in [3.8, 4) is 11.1 Å². The van der Waals surface area contributed by atoms with Gasteiger partial charge in [-0.3, -0.25) is 9.78 Å². The number of hydrogen-bond acceptors (Lipinski definition) is 6. The number of piperidine rings is 1. The van der Waals surface area contributed by atoms with E-state index >= 15 is 0 Å². The lowest BCUT2D eigenvalue weighted by Crippen LogP contribution is -2.48. The standard InChI is InChI=1S/C33H41ClN4O4/c1-4-23-9-5-10-24(19-23)30-28(12-6-13-29(30)34)33(41,16-8-17-36-32(40)42-3)26-11-7-18-38(22-26)31(39)25-14-15-27(21-35-2)37-20-25/h5-6,9-10,12-15,19-20,26,35,41H,4,7-8,11,16-18,21-22H2,1-3H3,(H,36,40)/t26-,33+/m1/s1. The zero-order valence-electron chi connectivity index (χ0n) is 24.7. The monoisotopic (exact) mass is 592 g/mol. The lowest BCUT2D eigenvalue weighted by Gasteiger charge is -2.44. The summed E-state index contributed by atoms with van der Waals surface area (Å²) in [7, 11) is 3.18. The first-order valence-corrected chi connectivity index (χ1v) is 15.0. The van der Waals surface area contributed by atoms with Gasteiger partial charge < -0.3 is 25.4 Å². The summed E-state index contributed by atoms with van der Waals surface area (Å²) < 4.78 is 4.72. The van der Waals surface area contributed by atoms with E-state index in [0.29, 0.717) is 49.6 Å². The summed E-state index contributed by atoms with van der Waals surface area (Å²) in [6.07, 6.45) is 4.36. The highest BCUT2D eigenvalue weighted by molar-refractivity contribution is 6.33. The van der Waals surface area contributed by atoms with Gasteiger partial charge in [0.05, 0.1) is 24.0 Å². The second-order valence-corrected chi connectivity index (χ2v) is 11.2. The maximum Gasteiger partial charge on any atom is 0.406 e. The molecule has 3 aromatic rings. The van der Waals surface area contributed by atoms with Gasteiger partial charge in [0.2, 0.25) is 0 Å². The molecule has 0 saturated carbocycles. The Bertz CT molecular complexity index is 1370. The molecule has 1 aromatic heterocycles. The van der Waals surface area contributed by atoms with Crippen molar-refractivity contribution in [2.45, 2.75) is 51.2 Å². The molecule has 0 aliphatic carbocycles. The number of carbonyl (C=O) groups excluding carboxylic acids is 2.